The van der Waals surface area contributed by atoms with E-state index in [0.29, 0.717) is 34.4 Å². The van der Waals surface area contributed by atoms with Crippen molar-refractivity contribution in [3.05, 3.63) is 82.2 Å². The van der Waals surface area contributed by atoms with Crippen molar-refractivity contribution in [2.75, 3.05) is 0 Å². The van der Waals surface area contributed by atoms with Crippen LogP contribution in [0.1, 0.15) is 68.1 Å². The highest BCUT2D eigenvalue weighted by Gasteiger charge is 2.26. The van der Waals surface area contributed by atoms with Gasteiger partial charge in [0.15, 0.2) is 29.1 Å². The van der Waals surface area contributed by atoms with Crippen LogP contribution in [0.15, 0.2) is 36.4 Å². The molecule has 0 saturated heterocycles. The van der Waals surface area contributed by atoms with E-state index in [2.05, 4.69) is 6.92 Å². The van der Waals surface area contributed by atoms with Crippen LogP contribution in [0.3, 0.4) is 0 Å². The molecule has 0 amide bonds. The summed E-state index contributed by atoms with van der Waals surface area (Å²) in [5.74, 6) is -4.83. The third kappa shape index (κ3) is 4.67. The minimum absolute atomic E-state index is 0.0463. The summed E-state index contributed by atoms with van der Waals surface area (Å²) in [6.07, 6.45) is 6.85. The minimum Gasteiger partial charge on any atom is -0.204 e. The van der Waals surface area contributed by atoms with Gasteiger partial charge in [-0.1, -0.05) is 31.9 Å². The lowest BCUT2D eigenvalue weighted by molar-refractivity contribution is 0.303. The number of halogens is 5. The van der Waals surface area contributed by atoms with Crippen molar-refractivity contribution in [1.82, 2.24) is 0 Å². The van der Waals surface area contributed by atoms with Gasteiger partial charge in [-0.05, 0) is 96.7 Å². The molecule has 0 spiro atoms. The molecule has 170 valence electrons. The lowest BCUT2D eigenvalue weighted by Crippen LogP contribution is -2.15. The lowest BCUT2D eigenvalue weighted by Gasteiger charge is -2.29. The zero-order chi connectivity index (χ0) is 22.8. The van der Waals surface area contributed by atoms with Crippen LogP contribution in [0, 0.1) is 35.0 Å². The van der Waals surface area contributed by atoms with Gasteiger partial charge < -0.3 is 0 Å². The molecule has 1 aliphatic carbocycles. The Labute approximate surface area is 185 Å². The third-order valence-electron chi connectivity index (χ3n) is 6.84. The standard InChI is InChI=1S/C27H27F5/c1-2-3-16-6-9-19(10-7-16)22-15-20-11-8-17(12-21(20)25(30)26(22)31)4-5-18-13-23(28)27(32)24(29)14-18/h8,11-16,19H,2-7,9-10H2,1H3. The Morgan fingerprint density at radius 3 is 2.03 bits per heavy atom. The van der Waals surface area contributed by atoms with E-state index in [1.165, 1.54) is 6.42 Å². The topological polar surface area (TPSA) is 0 Å². The van der Waals surface area contributed by atoms with E-state index in [1.54, 1.807) is 18.2 Å². The number of fused-ring (bicyclic) bond motifs is 1. The van der Waals surface area contributed by atoms with Crippen molar-refractivity contribution in [1.29, 1.82) is 0 Å². The van der Waals surface area contributed by atoms with Crippen LogP contribution in [0.4, 0.5) is 22.0 Å². The van der Waals surface area contributed by atoms with E-state index in [9.17, 15) is 22.0 Å². The second kappa shape index (κ2) is 9.60. The highest BCUT2D eigenvalue weighted by atomic mass is 19.2. The normalized spacial score (nSPS) is 18.9. The van der Waals surface area contributed by atoms with Gasteiger partial charge in [0, 0.05) is 5.39 Å². The quantitative estimate of drug-likeness (QED) is 0.263. The first-order valence-electron chi connectivity index (χ1n) is 11.4. The molecular weight excluding hydrogens is 419 g/mol. The first-order chi connectivity index (χ1) is 15.4. The maximum absolute atomic E-state index is 15.0. The Morgan fingerprint density at radius 2 is 1.38 bits per heavy atom. The van der Waals surface area contributed by atoms with Gasteiger partial charge in [0.05, 0.1) is 0 Å². The first kappa shape index (κ1) is 22.8. The number of hydrogen-bond donors (Lipinski definition) is 0. The zero-order valence-corrected chi connectivity index (χ0v) is 18.2. The molecule has 32 heavy (non-hydrogen) atoms. The Bertz CT molecular complexity index is 1090. The number of hydrogen-bond acceptors (Lipinski definition) is 0. The van der Waals surface area contributed by atoms with Crippen molar-refractivity contribution in [3.8, 4) is 0 Å². The molecule has 0 atom stereocenters. The molecule has 0 aliphatic heterocycles. The predicted octanol–water partition coefficient (Wildman–Crippen LogP) is 8.39. The molecule has 3 aromatic carbocycles. The molecule has 4 rings (SSSR count). The number of benzene rings is 3. The van der Waals surface area contributed by atoms with Crippen LogP contribution in [-0.4, -0.2) is 0 Å². The monoisotopic (exact) mass is 446 g/mol. The second-order valence-corrected chi connectivity index (χ2v) is 9.03. The summed E-state index contributed by atoms with van der Waals surface area (Å²) in [5, 5.41) is 0.858. The van der Waals surface area contributed by atoms with Gasteiger partial charge >= 0.3 is 0 Å². The van der Waals surface area contributed by atoms with Gasteiger partial charge in [0.2, 0.25) is 0 Å². The summed E-state index contributed by atoms with van der Waals surface area (Å²) in [5.41, 5.74) is 1.49. The van der Waals surface area contributed by atoms with Crippen LogP contribution >= 0.6 is 0 Å². The molecule has 3 aromatic rings. The second-order valence-electron chi connectivity index (χ2n) is 9.03. The average molecular weight is 447 g/mol. The van der Waals surface area contributed by atoms with Crippen LogP contribution in [0.5, 0.6) is 0 Å². The van der Waals surface area contributed by atoms with Gasteiger partial charge in [-0.3, -0.25) is 0 Å². The molecule has 0 heterocycles. The SMILES string of the molecule is CCCC1CCC(c2cc3ccc(CCc4cc(F)c(F)c(F)c4)cc3c(F)c2F)CC1. The Balaban J connectivity index is 1.53. The molecule has 5 heteroatoms. The van der Waals surface area contributed by atoms with Crippen molar-refractivity contribution in [2.24, 2.45) is 5.92 Å². The van der Waals surface area contributed by atoms with Crippen molar-refractivity contribution in [2.45, 2.75) is 64.2 Å². The fourth-order valence-corrected chi connectivity index (χ4v) is 5.06. The summed E-state index contributed by atoms with van der Waals surface area (Å²) in [6.45, 7) is 2.18. The first-order valence-corrected chi connectivity index (χ1v) is 11.4. The molecule has 0 aromatic heterocycles. The van der Waals surface area contributed by atoms with Gasteiger partial charge in [0.1, 0.15) is 0 Å². The molecule has 0 unspecified atom stereocenters. The van der Waals surface area contributed by atoms with E-state index in [-0.39, 0.29) is 17.7 Å². The van der Waals surface area contributed by atoms with E-state index >= 15 is 0 Å². The van der Waals surface area contributed by atoms with Crippen LogP contribution in [0.25, 0.3) is 10.8 Å². The largest absolute Gasteiger partial charge is 0.204 e. The smallest absolute Gasteiger partial charge is 0.194 e. The zero-order valence-electron chi connectivity index (χ0n) is 18.2. The van der Waals surface area contributed by atoms with Crippen molar-refractivity contribution < 1.29 is 22.0 Å². The highest BCUT2D eigenvalue weighted by Crippen LogP contribution is 2.40. The van der Waals surface area contributed by atoms with Gasteiger partial charge in [-0.15, -0.1) is 0 Å². The Morgan fingerprint density at radius 1 is 0.719 bits per heavy atom. The van der Waals surface area contributed by atoms with E-state index in [1.807, 2.05) is 6.07 Å². The predicted molar refractivity (Wildman–Crippen MR) is 117 cm³/mol. The molecule has 0 N–H and O–H groups in total. The summed E-state index contributed by atoms with van der Waals surface area (Å²) >= 11 is 0. The molecule has 0 radical (unpaired) electrons. The van der Waals surface area contributed by atoms with Gasteiger partial charge in [-0.25, -0.2) is 22.0 Å². The van der Waals surface area contributed by atoms with Gasteiger partial charge in [0.25, 0.3) is 0 Å². The van der Waals surface area contributed by atoms with E-state index in [4.69, 9.17) is 0 Å². The Hall–Kier alpha value is -2.43. The summed E-state index contributed by atoms with van der Waals surface area (Å²) in [7, 11) is 0. The average Bonchev–Trinajstić information content (AvgIpc) is 2.79. The minimum atomic E-state index is -1.49. The fraction of sp³-hybridized carbons (Fsp3) is 0.407. The maximum Gasteiger partial charge on any atom is 0.194 e. The fourth-order valence-electron chi connectivity index (χ4n) is 5.06. The van der Waals surface area contributed by atoms with Crippen molar-refractivity contribution >= 4 is 10.8 Å². The highest BCUT2D eigenvalue weighted by molar-refractivity contribution is 5.85. The summed E-state index contributed by atoms with van der Waals surface area (Å²) in [4.78, 5) is 0. The summed E-state index contributed by atoms with van der Waals surface area (Å²) in [6, 6.07) is 8.87. The molecule has 1 aliphatic rings. The number of aryl methyl sites for hydroxylation is 2. The molecule has 0 nitrogen and oxygen atoms in total. The van der Waals surface area contributed by atoms with Crippen LogP contribution < -0.4 is 0 Å². The molecule has 0 bridgehead atoms. The molecular formula is C27H27F5. The van der Waals surface area contributed by atoms with E-state index in [0.717, 1.165) is 44.2 Å². The molecule has 1 saturated carbocycles. The Kier molecular flexibility index (Phi) is 6.82. The van der Waals surface area contributed by atoms with Gasteiger partial charge in [-0.2, -0.15) is 0 Å². The maximum atomic E-state index is 15.0. The van der Waals surface area contributed by atoms with Crippen molar-refractivity contribution in [3.63, 3.8) is 0 Å². The third-order valence-corrected chi connectivity index (χ3v) is 6.84. The molecule has 1 fully saturated rings. The van der Waals surface area contributed by atoms with Crippen LogP contribution in [0.2, 0.25) is 0 Å². The number of rotatable bonds is 6. The summed E-state index contributed by atoms with van der Waals surface area (Å²) < 4.78 is 69.9. The van der Waals surface area contributed by atoms with E-state index < -0.39 is 29.1 Å². The lowest BCUT2D eigenvalue weighted by atomic mass is 9.76. The van der Waals surface area contributed by atoms with Crippen LogP contribution in [-0.2, 0) is 12.8 Å².